The van der Waals surface area contributed by atoms with Crippen molar-refractivity contribution in [3.63, 3.8) is 0 Å². The number of pyridine rings is 1. The van der Waals surface area contributed by atoms with Gasteiger partial charge in [0.15, 0.2) is 0 Å². The van der Waals surface area contributed by atoms with E-state index in [0.717, 1.165) is 95.9 Å². The predicted octanol–water partition coefficient (Wildman–Crippen LogP) is 10.2. The zero-order valence-corrected chi connectivity index (χ0v) is 33.8. The van der Waals surface area contributed by atoms with Crippen LogP contribution in [0.15, 0.2) is 127 Å². The molecule has 9 heteroatoms. The van der Waals surface area contributed by atoms with Gasteiger partial charge in [0, 0.05) is 43.5 Å². The van der Waals surface area contributed by atoms with Crippen LogP contribution in [0.2, 0.25) is 0 Å². The third-order valence-electron chi connectivity index (χ3n) is 11.6. The number of aromatic nitrogens is 1. The number of fused-ring (bicyclic) bond motifs is 2. The van der Waals surface area contributed by atoms with Crippen LogP contribution in [0, 0.1) is 17.8 Å². The summed E-state index contributed by atoms with van der Waals surface area (Å²) in [6, 6.07) is 29.0. The standard InChI is InChI=1S/C48H56N2O6S/c1-3-29-53-48-45(57-30-24-34-22-25-49-26-23-34)33-43(50-54-4-2)41-31-37(14-8-10-27-51)40(15-9-11-28-52)46(47(41)48)42-32-39(20-21-44(42)56-48)55-38-18-16-36(17-19-38)35-12-6-5-7-13-35/h3,5-7,12-13,16-23,25-26,31-32,37,40,45-47,51-52H,1,4,8-11,14-15,24,27-30,33H2,2H3. The molecule has 2 N–H and O–H groups in total. The predicted molar refractivity (Wildman–Crippen MR) is 229 cm³/mol. The molecule has 3 aromatic carbocycles. The number of oxime groups is 1. The summed E-state index contributed by atoms with van der Waals surface area (Å²) in [5.41, 5.74) is 6.70. The molecule has 6 unspecified atom stereocenters. The molecule has 1 aromatic heterocycles. The molecule has 0 spiro atoms. The highest BCUT2D eigenvalue weighted by Gasteiger charge is 2.64. The summed E-state index contributed by atoms with van der Waals surface area (Å²) in [6.07, 6.45) is 14.6. The van der Waals surface area contributed by atoms with Crippen LogP contribution in [0.25, 0.3) is 11.1 Å². The molecule has 57 heavy (non-hydrogen) atoms. The van der Waals surface area contributed by atoms with Crippen molar-refractivity contribution in [2.24, 2.45) is 22.9 Å². The smallest absolute Gasteiger partial charge is 0.230 e. The van der Waals surface area contributed by atoms with E-state index in [-0.39, 0.29) is 42.1 Å². The normalized spacial score (nSPS) is 24.2. The molecule has 0 bridgehead atoms. The molecular weight excluding hydrogens is 733 g/mol. The van der Waals surface area contributed by atoms with Gasteiger partial charge >= 0.3 is 0 Å². The fraction of sp³-hybridized carbons (Fsp3) is 0.417. The number of ether oxygens (including phenoxy) is 3. The molecule has 300 valence electrons. The van der Waals surface area contributed by atoms with Gasteiger partial charge in [-0.15, -0.1) is 6.58 Å². The van der Waals surface area contributed by atoms with Crippen LogP contribution in [0.1, 0.15) is 68.9 Å². The minimum absolute atomic E-state index is 0.00387. The Bertz CT molecular complexity index is 1950. The summed E-state index contributed by atoms with van der Waals surface area (Å²) in [5.74, 6) is 2.40. The van der Waals surface area contributed by atoms with Gasteiger partial charge in [-0.1, -0.05) is 72.6 Å². The van der Waals surface area contributed by atoms with Crippen LogP contribution >= 0.6 is 11.8 Å². The average molecular weight is 789 g/mol. The Hall–Kier alpha value is -4.41. The number of nitrogens with zero attached hydrogens (tertiary/aromatic N) is 2. The van der Waals surface area contributed by atoms with Crippen molar-refractivity contribution in [1.29, 1.82) is 0 Å². The third-order valence-corrected chi connectivity index (χ3v) is 12.9. The second kappa shape index (κ2) is 19.8. The van der Waals surface area contributed by atoms with E-state index in [1.807, 2.05) is 73.6 Å². The van der Waals surface area contributed by atoms with Gasteiger partial charge in [0.25, 0.3) is 0 Å². The topological polar surface area (TPSA) is 103 Å². The number of allylic oxidation sites excluding steroid dienone is 1. The maximum Gasteiger partial charge on any atom is 0.230 e. The molecular formula is C48H56N2O6S. The van der Waals surface area contributed by atoms with Crippen LogP contribution in [0.3, 0.4) is 0 Å². The van der Waals surface area contributed by atoms with Gasteiger partial charge in [-0.05, 0) is 121 Å². The number of unbranched alkanes of at least 4 members (excludes halogenated alkanes) is 2. The van der Waals surface area contributed by atoms with Gasteiger partial charge in [-0.3, -0.25) is 4.98 Å². The molecule has 1 saturated carbocycles. The number of benzene rings is 3. The van der Waals surface area contributed by atoms with E-state index in [4.69, 9.17) is 24.2 Å². The van der Waals surface area contributed by atoms with E-state index in [1.54, 1.807) is 0 Å². The summed E-state index contributed by atoms with van der Waals surface area (Å²) < 4.78 is 21.0. The maximum absolute atomic E-state index is 9.93. The quantitative estimate of drug-likeness (QED) is 0.0519. The van der Waals surface area contributed by atoms with Crippen molar-refractivity contribution in [3.8, 4) is 28.4 Å². The van der Waals surface area contributed by atoms with Gasteiger partial charge in [0.05, 0.1) is 23.5 Å². The van der Waals surface area contributed by atoms with Crippen LogP contribution in [0.4, 0.5) is 0 Å². The summed E-state index contributed by atoms with van der Waals surface area (Å²) in [7, 11) is 0. The van der Waals surface area contributed by atoms with Crippen LogP contribution in [-0.2, 0) is 16.0 Å². The van der Waals surface area contributed by atoms with E-state index in [1.165, 1.54) is 5.56 Å². The van der Waals surface area contributed by atoms with Crippen molar-refractivity contribution < 1.29 is 29.3 Å². The molecule has 2 aliphatic carbocycles. The van der Waals surface area contributed by atoms with Crippen molar-refractivity contribution >= 4 is 17.5 Å². The van der Waals surface area contributed by atoms with E-state index < -0.39 is 5.79 Å². The first kappa shape index (κ1) is 40.8. The van der Waals surface area contributed by atoms with E-state index in [0.29, 0.717) is 19.6 Å². The van der Waals surface area contributed by atoms with Crippen molar-refractivity contribution in [1.82, 2.24) is 4.98 Å². The van der Waals surface area contributed by atoms with Gasteiger partial charge in [0.1, 0.15) is 23.9 Å². The van der Waals surface area contributed by atoms with Crippen LogP contribution < -0.4 is 9.47 Å². The zero-order valence-electron chi connectivity index (χ0n) is 33.0. The molecule has 0 amide bonds. The third kappa shape index (κ3) is 9.33. The van der Waals surface area contributed by atoms with Gasteiger partial charge in [0.2, 0.25) is 5.79 Å². The largest absolute Gasteiger partial charge is 0.460 e. The first-order chi connectivity index (χ1) is 28.1. The molecule has 1 aliphatic heterocycles. The number of aryl methyl sites for hydroxylation is 1. The van der Waals surface area contributed by atoms with Crippen molar-refractivity contribution in [2.75, 3.05) is 32.2 Å². The SMILES string of the molecule is C=CCOC12Oc3ccc(Oc4ccc(-c5ccccc5)cc4)cc3C3C(CCCCO)C(CCCCO)C=C(C(=NOCC)CC1SCCc1ccncc1)C32. The second-order valence-electron chi connectivity index (χ2n) is 15.1. The summed E-state index contributed by atoms with van der Waals surface area (Å²) in [5, 5.41) is 24.5. The van der Waals surface area contributed by atoms with Crippen LogP contribution in [-0.4, -0.2) is 64.1 Å². The van der Waals surface area contributed by atoms with E-state index in [9.17, 15) is 10.2 Å². The highest BCUT2D eigenvalue weighted by Crippen LogP contribution is 2.62. The lowest BCUT2D eigenvalue weighted by Gasteiger charge is -2.58. The lowest BCUT2D eigenvalue weighted by atomic mass is 9.56. The van der Waals surface area contributed by atoms with Crippen LogP contribution in [0.5, 0.6) is 17.2 Å². The van der Waals surface area contributed by atoms with Gasteiger partial charge < -0.3 is 29.3 Å². The van der Waals surface area contributed by atoms with Gasteiger partial charge in [-0.2, -0.15) is 11.8 Å². The molecule has 6 atom stereocenters. The summed E-state index contributed by atoms with van der Waals surface area (Å²) >= 11 is 1.87. The van der Waals surface area contributed by atoms with Crippen molar-refractivity contribution in [2.45, 2.75) is 75.2 Å². The Morgan fingerprint density at radius 1 is 0.912 bits per heavy atom. The first-order valence-corrected chi connectivity index (χ1v) is 21.7. The lowest BCUT2D eigenvalue weighted by Crippen LogP contribution is -2.64. The molecule has 8 nitrogen and oxygen atoms in total. The molecule has 0 saturated heterocycles. The Kier molecular flexibility index (Phi) is 14.2. The highest BCUT2D eigenvalue weighted by atomic mass is 32.2. The molecule has 2 heterocycles. The molecule has 3 aliphatic rings. The zero-order chi connectivity index (χ0) is 39.5. The first-order valence-electron chi connectivity index (χ1n) is 20.6. The lowest BCUT2D eigenvalue weighted by molar-refractivity contribution is -0.223. The Morgan fingerprint density at radius 2 is 1.65 bits per heavy atom. The summed E-state index contributed by atoms with van der Waals surface area (Å²) in [4.78, 5) is 10.1. The maximum atomic E-state index is 9.93. The molecule has 7 rings (SSSR count). The summed E-state index contributed by atoms with van der Waals surface area (Å²) in [6.45, 7) is 7.16. The number of aliphatic hydroxyl groups excluding tert-OH is 2. The Balaban J connectivity index is 1.32. The fourth-order valence-electron chi connectivity index (χ4n) is 9.03. The van der Waals surface area contributed by atoms with Gasteiger partial charge in [-0.25, -0.2) is 0 Å². The minimum Gasteiger partial charge on any atom is -0.460 e. The Labute approximate surface area is 342 Å². The molecule has 1 fully saturated rings. The number of thioether (sulfide) groups is 1. The second-order valence-corrected chi connectivity index (χ2v) is 16.4. The average Bonchev–Trinajstić information content (AvgIpc) is 3.25. The monoisotopic (exact) mass is 788 g/mol. The molecule has 0 radical (unpaired) electrons. The van der Waals surface area contributed by atoms with Crippen molar-refractivity contribution in [3.05, 3.63) is 133 Å². The van der Waals surface area contributed by atoms with E-state index in [2.05, 4.69) is 66.2 Å². The highest BCUT2D eigenvalue weighted by molar-refractivity contribution is 8.00. The number of rotatable bonds is 20. The van der Waals surface area contributed by atoms with E-state index >= 15 is 0 Å². The number of hydrogen-bond acceptors (Lipinski definition) is 9. The fourth-order valence-corrected chi connectivity index (χ4v) is 10.4. The number of hydrogen-bond donors (Lipinski definition) is 2. The number of aliphatic hydroxyl groups is 2. The molecule has 4 aromatic rings. The Morgan fingerprint density at radius 3 is 2.39 bits per heavy atom. The minimum atomic E-state index is -1.01.